The van der Waals surface area contributed by atoms with Crippen LogP contribution in [0.5, 0.6) is 5.75 Å². The van der Waals surface area contributed by atoms with Crippen LogP contribution in [-0.4, -0.2) is 31.4 Å². The Morgan fingerprint density at radius 2 is 1.97 bits per heavy atom. The molecule has 6 nitrogen and oxygen atoms in total. The largest absolute Gasteiger partial charge is 0.495 e. The van der Waals surface area contributed by atoms with Crippen LogP contribution >= 0.6 is 15.9 Å². The Balaban J connectivity index is 1.55. The zero-order chi connectivity index (χ0) is 24.0. The molecule has 4 aromatic rings. The van der Waals surface area contributed by atoms with Crippen molar-refractivity contribution in [1.82, 2.24) is 24.3 Å². The SMILES string of the molecule is COc1cc(-c2nc3n(n2)CCC[C@H]3c2ccc(Br)cc2C(F)(F)F)ccc1-n1cnc(C)c1. The van der Waals surface area contributed by atoms with Gasteiger partial charge in [0.1, 0.15) is 11.6 Å². The Morgan fingerprint density at radius 3 is 2.68 bits per heavy atom. The summed E-state index contributed by atoms with van der Waals surface area (Å²) >= 11 is 3.17. The second-order valence-corrected chi connectivity index (χ2v) is 9.17. The third kappa shape index (κ3) is 4.11. The molecule has 0 bridgehead atoms. The molecule has 10 heteroatoms. The highest BCUT2D eigenvalue weighted by Crippen LogP contribution is 2.42. The number of hydrogen-bond acceptors (Lipinski definition) is 4. The first-order valence-electron chi connectivity index (χ1n) is 10.8. The number of hydrogen-bond donors (Lipinski definition) is 0. The van der Waals surface area contributed by atoms with Gasteiger partial charge in [-0.1, -0.05) is 22.0 Å². The van der Waals surface area contributed by atoms with Crippen LogP contribution in [0.3, 0.4) is 0 Å². The number of alkyl halides is 3. The highest BCUT2D eigenvalue weighted by atomic mass is 79.9. The van der Waals surface area contributed by atoms with E-state index in [9.17, 15) is 13.2 Å². The summed E-state index contributed by atoms with van der Waals surface area (Å²) in [6.07, 6.45) is 0.438. The van der Waals surface area contributed by atoms with Crippen molar-refractivity contribution in [3.05, 3.63) is 76.0 Å². The van der Waals surface area contributed by atoms with Crippen LogP contribution in [0, 0.1) is 6.92 Å². The molecule has 0 amide bonds. The van der Waals surface area contributed by atoms with Gasteiger partial charge in [0.05, 0.1) is 30.4 Å². The van der Waals surface area contributed by atoms with E-state index in [1.54, 1.807) is 24.2 Å². The number of benzene rings is 2. The molecule has 1 atom stereocenters. The number of ether oxygens (including phenoxy) is 1. The molecule has 1 aliphatic rings. The summed E-state index contributed by atoms with van der Waals surface area (Å²) in [6.45, 7) is 2.52. The van der Waals surface area contributed by atoms with E-state index in [0.29, 0.717) is 34.8 Å². The van der Waals surface area contributed by atoms with Gasteiger partial charge in [0.2, 0.25) is 0 Å². The molecule has 0 saturated heterocycles. The lowest BCUT2D eigenvalue weighted by molar-refractivity contribution is -0.138. The number of fused-ring (bicyclic) bond motifs is 1. The lowest BCUT2D eigenvalue weighted by Gasteiger charge is -2.25. The Morgan fingerprint density at radius 1 is 1.15 bits per heavy atom. The molecular formula is C24H21BrF3N5O. The van der Waals surface area contributed by atoms with E-state index in [0.717, 1.165) is 29.4 Å². The molecule has 5 rings (SSSR count). The summed E-state index contributed by atoms with van der Waals surface area (Å²) in [4.78, 5) is 8.96. The van der Waals surface area contributed by atoms with Gasteiger partial charge in [-0.15, -0.1) is 0 Å². The van der Waals surface area contributed by atoms with Gasteiger partial charge in [-0.3, -0.25) is 0 Å². The molecule has 0 spiro atoms. The predicted molar refractivity (Wildman–Crippen MR) is 124 cm³/mol. The molecule has 0 fully saturated rings. The molecule has 34 heavy (non-hydrogen) atoms. The molecule has 0 N–H and O–H groups in total. The minimum Gasteiger partial charge on any atom is -0.495 e. The highest BCUT2D eigenvalue weighted by Gasteiger charge is 2.38. The van der Waals surface area contributed by atoms with Crippen molar-refractivity contribution in [2.45, 2.75) is 38.4 Å². The second-order valence-electron chi connectivity index (χ2n) is 8.25. The number of imidazole rings is 1. The van der Waals surface area contributed by atoms with Crippen LogP contribution < -0.4 is 4.74 Å². The lowest BCUT2D eigenvalue weighted by atomic mass is 9.87. The first-order chi connectivity index (χ1) is 16.2. The molecule has 1 aliphatic heterocycles. The Hall–Kier alpha value is -3.14. The van der Waals surface area contributed by atoms with Crippen LogP contribution in [0.1, 0.15) is 41.4 Å². The van der Waals surface area contributed by atoms with Crippen LogP contribution in [0.2, 0.25) is 0 Å². The average molecular weight is 532 g/mol. The molecule has 0 unspecified atom stereocenters. The van der Waals surface area contributed by atoms with E-state index in [1.807, 2.05) is 35.9 Å². The van der Waals surface area contributed by atoms with Crippen LogP contribution in [-0.2, 0) is 12.7 Å². The first kappa shape index (κ1) is 22.6. The quantitative estimate of drug-likeness (QED) is 0.316. The van der Waals surface area contributed by atoms with Crippen LogP contribution in [0.25, 0.3) is 17.1 Å². The monoisotopic (exact) mass is 531 g/mol. The third-order valence-electron chi connectivity index (χ3n) is 6.00. The van der Waals surface area contributed by atoms with E-state index < -0.39 is 17.7 Å². The Labute approximate surface area is 202 Å². The minimum atomic E-state index is -4.46. The highest BCUT2D eigenvalue weighted by molar-refractivity contribution is 9.10. The van der Waals surface area contributed by atoms with Crippen molar-refractivity contribution < 1.29 is 17.9 Å². The minimum absolute atomic E-state index is 0.221. The molecule has 2 aromatic heterocycles. The average Bonchev–Trinajstić information content (AvgIpc) is 3.44. The molecule has 0 aliphatic carbocycles. The maximum atomic E-state index is 13.8. The summed E-state index contributed by atoms with van der Waals surface area (Å²) in [5.74, 6) is 1.13. The molecule has 0 radical (unpaired) electrons. The number of rotatable bonds is 4. The molecule has 2 aromatic carbocycles. The van der Waals surface area contributed by atoms with Gasteiger partial charge in [0, 0.05) is 28.7 Å². The van der Waals surface area contributed by atoms with Crippen molar-refractivity contribution in [2.24, 2.45) is 0 Å². The summed E-state index contributed by atoms with van der Waals surface area (Å²) in [7, 11) is 1.58. The number of methoxy groups -OCH3 is 1. The van der Waals surface area contributed by atoms with Crippen molar-refractivity contribution in [3.8, 4) is 22.8 Å². The fraction of sp³-hybridized carbons (Fsp3) is 0.292. The standard InChI is InChI=1S/C24H21BrF3N5O/c1-14-12-32(13-29-14)20-8-5-15(10-21(20)34-2)22-30-23-18(4-3-9-33(23)31-22)17-7-6-16(25)11-19(17)24(26,27)28/h5-8,10-13,18H,3-4,9H2,1-2H3/t18-/m0/s1. The summed E-state index contributed by atoms with van der Waals surface area (Å²) < 4.78 is 51.0. The van der Waals surface area contributed by atoms with Crippen molar-refractivity contribution in [3.63, 3.8) is 0 Å². The second kappa shape index (κ2) is 8.57. The molecule has 0 saturated carbocycles. The van der Waals surface area contributed by atoms with Crippen LogP contribution in [0.4, 0.5) is 13.2 Å². The summed E-state index contributed by atoms with van der Waals surface area (Å²) in [6, 6.07) is 9.91. The molecule has 3 heterocycles. The summed E-state index contributed by atoms with van der Waals surface area (Å²) in [5.41, 5.74) is 2.00. The zero-order valence-corrected chi connectivity index (χ0v) is 20.1. The van der Waals surface area contributed by atoms with Gasteiger partial charge in [0.15, 0.2) is 5.82 Å². The summed E-state index contributed by atoms with van der Waals surface area (Å²) in [5, 5.41) is 4.63. The predicted octanol–water partition coefficient (Wildman–Crippen LogP) is 6.15. The van der Waals surface area contributed by atoms with Gasteiger partial charge in [-0.05, 0) is 55.7 Å². The van der Waals surface area contributed by atoms with E-state index in [2.05, 4.69) is 26.0 Å². The van der Waals surface area contributed by atoms with Gasteiger partial charge in [-0.25, -0.2) is 14.6 Å². The van der Waals surface area contributed by atoms with E-state index in [4.69, 9.17) is 9.72 Å². The normalized spacial score (nSPS) is 15.9. The molecular weight excluding hydrogens is 511 g/mol. The van der Waals surface area contributed by atoms with E-state index in [-0.39, 0.29) is 5.56 Å². The van der Waals surface area contributed by atoms with E-state index in [1.165, 1.54) is 6.07 Å². The number of halogens is 4. The Kier molecular flexibility index (Phi) is 5.71. The van der Waals surface area contributed by atoms with Crippen LogP contribution in [0.15, 0.2) is 53.4 Å². The lowest BCUT2D eigenvalue weighted by Crippen LogP contribution is -2.21. The zero-order valence-electron chi connectivity index (χ0n) is 18.5. The fourth-order valence-electron chi connectivity index (χ4n) is 4.43. The smallest absolute Gasteiger partial charge is 0.416 e. The Bertz CT molecular complexity index is 1360. The van der Waals surface area contributed by atoms with Gasteiger partial charge in [0.25, 0.3) is 0 Å². The van der Waals surface area contributed by atoms with Gasteiger partial charge >= 0.3 is 6.18 Å². The van der Waals surface area contributed by atoms with Crippen molar-refractivity contribution in [2.75, 3.05) is 7.11 Å². The van der Waals surface area contributed by atoms with Crippen molar-refractivity contribution in [1.29, 1.82) is 0 Å². The number of aryl methyl sites for hydroxylation is 2. The number of nitrogens with zero attached hydrogens (tertiary/aromatic N) is 5. The van der Waals surface area contributed by atoms with Crippen molar-refractivity contribution >= 4 is 15.9 Å². The number of aromatic nitrogens is 5. The maximum absolute atomic E-state index is 13.8. The van der Waals surface area contributed by atoms with Gasteiger partial charge in [-0.2, -0.15) is 18.3 Å². The van der Waals surface area contributed by atoms with E-state index >= 15 is 0 Å². The van der Waals surface area contributed by atoms with Gasteiger partial charge < -0.3 is 9.30 Å². The topological polar surface area (TPSA) is 57.8 Å². The molecule has 176 valence electrons. The third-order valence-corrected chi connectivity index (χ3v) is 6.49. The fourth-order valence-corrected chi connectivity index (χ4v) is 4.79. The first-order valence-corrected chi connectivity index (χ1v) is 11.5. The maximum Gasteiger partial charge on any atom is 0.416 e.